The summed E-state index contributed by atoms with van der Waals surface area (Å²) in [5.74, 6) is 1.04. The first-order valence-corrected chi connectivity index (χ1v) is 21.7. The molecule has 1 atom stereocenters. The number of hydrogen-bond donors (Lipinski definition) is 2. The molecule has 5 fully saturated rings. The van der Waals surface area contributed by atoms with E-state index in [4.69, 9.17) is 20.6 Å². The van der Waals surface area contributed by atoms with E-state index in [2.05, 4.69) is 29.7 Å². The zero-order valence-electron chi connectivity index (χ0n) is 33.7. The molecule has 14 nitrogen and oxygen atoms in total. The van der Waals surface area contributed by atoms with Crippen molar-refractivity contribution in [3.8, 4) is 22.8 Å². The van der Waals surface area contributed by atoms with Crippen LogP contribution in [0.2, 0.25) is 0 Å². The predicted octanol–water partition coefficient (Wildman–Crippen LogP) is 5.51. The summed E-state index contributed by atoms with van der Waals surface area (Å²) < 4.78 is 8.13. The number of aromatic nitrogens is 4. The van der Waals surface area contributed by atoms with Crippen LogP contribution in [-0.4, -0.2) is 116 Å². The Hall–Kier alpha value is -5.86. The van der Waals surface area contributed by atoms with E-state index in [1.807, 2.05) is 66.7 Å². The maximum atomic E-state index is 13.4. The lowest BCUT2D eigenvalue weighted by molar-refractivity contribution is -0.126. The van der Waals surface area contributed by atoms with Gasteiger partial charge in [-0.05, 0) is 111 Å². The van der Waals surface area contributed by atoms with Crippen molar-refractivity contribution in [3.05, 3.63) is 90.3 Å². The van der Waals surface area contributed by atoms with E-state index >= 15 is 0 Å². The molecule has 5 aliphatic heterocycles. The standard InChI is InChI=1S/C46H50N10O4/c47-41-39-40(29-8-11-35(12-9-29)60-34-5-2-1-3-6-34)51-56(42(39)50-28-49-41)31-16-21-52(22-17-31)30-14-18-46(19-15-30)26-54(27-46)33-24-53(25-33)32-10-13-36-37(23-32)45(59)55(44(36)58)38-7-4-20-48-43(38)57/h1-3,5-6,8-13,23,28,30-31,33,38H,4,7,14-22,24-27H2,(H,48,57)(H2,47,49,50). The number of nitrogen functional groups attached to an aromatic ring is 1. The van der Waals surface area contributed by atoms with E-state index in [1.54, 1.807) is 12.4 Å². The second kappa shape index (κ2) is 14.7. The molecule has 14 heteroatoms. The summed E-state index contributed by atoms with van der Waals surface area (Å²) >= 11 is 0. The highest BCUT2D eigenvalue weighted by Gasteiger charge is 2.50. The van der Waals surface area contributed by atoms with Gasteiger partial charge in [0.05, 0.1) is 22.6 Å². The Bertz CT molecular complexity index is 2460. The number of carbonyl (C=O) groups is 3. The normalized spacial score (nSPS) is 22.9. The first-order valence-electron chi connectivity index (χ1n) is 21.7. The second-order valence-electron chi connectivity index (χ2n) is 17.8. The van der Waals surface area contributed by atoms with Crippen LogP contribution in [0, 0.1) is 5.41 Å². The summed E-state index contributed by atoms with van der Waals surface area (Å²) in [4.78, 5) is 56.9. The lowest BCUT2D eigenvalue weighted by Gasteiger charge is -2.60. The number of anilines is 2. The average molecular weight is 807 g/mol. The average Bonchev–Trinajstić information content (AvgIpc) is 3.76. The summed E-state index contributed by atoms with van der Waals surface area (Å²) in [7, 11) is 0. The molecule has 0 bridgehead atoms. The molecule has 0 radical (unpaired) electrons. The molecule has 4 saturated heterocycles. The molecule has 3 N–H and O–H groups in total. The molecule has 1 unspecified atom stereocenters. The number of ether oxygens (including phenoxy) is 1. The van der Waals surface area contributed by atoms with Crippen molar-refractivity contribution in [1.82, 2.24) is 39.8 Å². The molecule has 308 valence electrons. The van der Waals surface area contributed by atoms with Gasteiger partial charge in [-0.25, -0.2) is 14.6 Å². The summed E-state index contributed by atoms with van der Waals surface area (Å²) in [5, 5.41) is 8.76. The van der Waals surface area contributed by atoms with Crippen molar-refractivity contribution in [2.45, 2.75) is 75.5 Å². The number of hydrogen-bond acceptors (Lipinski definition) is 11. The molecule has 1 saturated carbocycles. The van der Waals surface area contributed by atoms with Crippen LogP contribution in [0.3, 0.4) is 0 Å². The Morgan fingerprint density at radius 2 is 1.48 bits per heavy atom. The third-order valence-electron chi connectivity index (χ3n) is 14.3. The SMILES string of the molecule is Nc1ncnc2c1c(-c1ccc(Oc3ccccc3)cc1)nn2C1CCN(C2CCC3(CC2)CN(C2CN(c4ccc5c(c4)C(=O)N(C4CCCNC4=O)C5=O)C2)C3)CC1. The summed E-state index contributed by atoms with van der Waals surface area (Å²) in [5.41, 5.74) is 11.2. The molecule has 3 amide bonds. The first kappa shape index (κ1) is 37.2. The van der Waals surface area contributed by atoms with E-state index in [0.717, 1.165) is 84.9 Å². The molecule has 11 rings (SSSR count). The monoisotopic (exact) mass is 806 g/mol. The van der Waals surface area contributed by atoms with Gasteiger partial charge in [0.15, 0.2) is 5.65 Å². The van der Waals surface area contributed by atoms with Gasteiger partial charge in [0.25, 0.3) is 11.8 Å². The molecule has 60 heavy (non-hydrogen) atoms. The Morgan fingerprint density at radius 3 is 2.23 bits per heavy atom. The molecule has 7 heterocycles. The third kappa shape index (κ3) is 6.38. The number of nitrogens with zero attached hydrogens (tertiary/aromatic N) is 8. The van der Waals surface area contributed by atoms with Gasteiger partial charge in [-0.15, -0.1) is 0 Å². The Kier molecular flexibility index (Phi) is 9.10. The number of benzene rings is 3. The minimum Gasteiger partial charge on any atom is -0.457 e. The van der Waals surface area contributed by atoms with Crippen molar-refractivity contribution in [2.24, 2.45) is 5.41 Å². The molecule has 1 spiro atoms. The minimum atomic E-state index is -0.721. The summed E-state index contributed by atoms with van der Waals surface area (Å²) in [6, 6.07) is 24.0. The van der Waals surface area contributed by atoms with Gasteiger partial charge >= 0.3 is 0 Å². The van der Waals surface area contributed by atoms with Crippen molar-refractivity contribution >= 4 is 40.3 Å². The van der Waals surface area contributed by atoms with Gasteiger partial charge in [0.1, 0.15) is 35.4 Å². The maximum absolute atomic E-state index is 13.4. The molecular weight excluding hydrogens is 757 g/mol. The van der Waals surface area contributed by atoms with Gasteiger partial charge < -0.3 is 25.6 Å². The maximum Gasteiger partial charge on any atom is 0.262 e. The van der Waals surface area contributed by atoms with E-state index in [0.29, 0.717) is 47.4 Å². The van der Waals surface area contributed by atoms with Crippen molar-refractivity contribution < 1.29 is 19.1 Å². The quantitative estimate of drug-likeness (QED) is 0.191. The number of carbonyl (C=O) groups excluding carboxylic acids is 3. The van der Waals surface area contributed by atoms with Crippen LogP contribution in [0.5, 0.6) is 11.5 Å². The molecule has 5 aromatic rings. The largest absolute Gasteiger partial charge is 0.457 e. The number of para-hydroxylation sites is 1. The van der Waals surface area contributed by atoms with Crippen LogP contribution >= 0.6 is 0 Å². The molecule has 3 aromatic carbocycles. The number of imide groups is 1. The van der Waals surface area contributed by atoms with E-state index in [1.165, 1.54) is 43.7 Å². The summed E-state index contributed by atoms with van der Waals surface area (Å²) in [6.07, 6.45) is 9.90. The van der Waals surface area contributed by atoms with Gasteiger partial charge in [0.2, 0.25) is 5.91 Å². The number of likely N-dealkylation sites (tertiary alicyclic amines) is 2. The molecular formula is C46H50N10O4. The number of rotatable bonds is 8. The van der Waals surface area contributed by atoms with Crippen LogP contribution in [0.4, 0.5) is 11.5 Å². The van der Waals surface area contributed by atoms with Gasteiger partial charge in [-0.3, -0.25) is 24.2 Å². The highest BCUT2D eigenvalue weighted by molar-refractivity contribution is 6.23. The van der Waals surface area contributed by atoms with Gasteiger partial charge in [-0.1, -0.05) is 18.2 Å². The molecule has 2 aromatic heterocycles. The fourth-order valence-electron chi connectivity index (χ4n) is 10.8. The number of amides is 3. The molecule has 1 aliphatic carbocycles. The number of nitrogens with one attached hydrogen (secondary N) is 1. The van der Waals surface area contributed by atoms with Crippen LogP contribution < -0.4 is 20.7 Å². The van der Waals surface area contributed by atoms with Crippen molar-refractivity contribution in [2.75, 3.05) is 56.4 Å². The smallest absolute Gasteiger partial charge is 0.262 e. The first-order chi connectivity index (χ1) is 29.3. The van der Waals surface area contributed by atoms with Crippen LogP contribution in [0.1, 0.15) is 78.1 Å². The number of nitrogens with two attached hydrogens (primary N) is 1. The van der Waals surface area contributed by atoms with Crippen LogP contribution in [-0.2, 0) is 4.79 Å². The number of fused-ring (bicyclic) bond motifs is 2. The van der Waals surface area contributed by atoms with Crippen molar-refractivity contribution in [3.63, 3.8) is 0 Å². The van der Waals surface area contributed by atoms with Gasteiger partial charge in [0, 0.05) is 69.1 Å². The Morgan fingerprint density at radius 1 is 0.750 bits per heavy atom. The lowest BCUT2D eigenvalue weighted by Crippen LogP contribution is -2.69. The van der Waals surface area contributed by atoms with Crippen LogP contribution in [0.15, 0.2) is 79.1 Å². The molecule has 6 aliphatic rings. The highest BCUT2D eigenvalue weighted by Crippen LogP contribution is 2.47. The zero-order valence-corrected chi connectivity index (χ0v) is 33.7. The fraction of sp³-hybridized carbons (Fsp3) is 0.435. The number of piperidine rings is 2. The predicted molar refractivity (Wildman–Crippen MR) is 227 cm³/mol. The lowest BCUT2D eigenvalue weighted by atomic mass is 9.66. The highest BCUT2D eigenvalue weighted by atomic mass is 16.5. The topological polar surface area (TPSA) is 155 Å². The minimum absolute atomic E-state index is 0.240. The third-order valence-corrected chi connectivity index (χ3v) is 14.3. The fourth-order valence-corrected chi connectivity index (χ4v) is 10.8. The van der Waals surface area contributed by atoms with Crippen LogP contribution in [0.25, 0.3) is 22.3 Å². The van der Waals surface area contributed by atoms with Crippen molar-refractivity contribution in [1.29, 1.82) is 0 Å². The summed E-state index contributed by atoms with van der Waals surface area (Å²) in [6.45, 7) is 6.85. The Balaban J connectivity index is 0.669. The Labute approximate surface area is 348 Å². The van der Waals surface area contributed by atoms with Gasteiger partial charge in [-0.2, -0.15) is 5.10 Å². The van der Waals surface area contributed by atoms with E-state index in [9.17, 15) is 14.4 Å². The second-order valence-corrected chi connectivity index (χ2v) is 17.8. The zero-order chi connectivity index (χ0) is 40.5. The van der Waals surface area contributed by atoms with E-state index < -0.39 is 6.04 Å². The van der Waals surface area contributed by atoms with E-state index in [-0.39, 0.29) is 23.8 Å².